The first-order chi connectivity index (χ1) is 6.02. The molecule has 72 valence electrons. The Kier molecular flexibility index (Phi) is 3.25. The van der Waals surface area contributed by atoms with Gasteiger partial charge in [0.1, 0.15) is 5.82 Å². The molecule has 0 fully saturated rings. The Balaban J connectivity index is 3.05. The number of aliphatic hydroxyl groups is 1. The number of nitrogens with two attached hydrogens (primary N) is 1. The molecule has 1 aromatic carbocycles. The molecule has 0 spiro atoms. The van der Waals surface area contributed by atoms with Crippen molar-refractivity contribution in [2.24, 2.45) is 5.73 Å². The maximum Gasteiger partial charge on any atom is 0.128 e. The smallest absolute Gasteiger partial charge is 0.128 e. The molecule has 0 bridgehead atoms. The van der Waals surface area contributed by atoms with Crippen LogP contribution in [0.2, 0.25) is 5.02 Å². The number of halogens is 2. The van der Waals surface area contributed by atoms with Gasteiger partial charge in [-0.2, -0.15) is 0 Å². The zero-order chi connectivity index (χ0) is 10.0. The van der Waals surface area contributed by atoms with E-state index in [4.69, 9.17) is 22.4 Å². The molecule has 0 heterocycles. The summed E-state index contributed by atoms with van der Waals surface area (Å²) in [6.45, 7) is 1.50. The highest BCUT2D eigenvalue weighted by Gasteiger charge is 2.16. The van der Waals surface area contributed by atoms with Gasteiger partial charge in [0.05, 0.1) is 12.1 Å². The van der Waals surface area contributed by atoms with Crippen LogP contribution in [0.15, 0.2) is 18.2 Å². The summed E-state index contributed by atoms with van der Waals surface area (Å²) >= 11 is 5.66. The van der Waals surface area contributed by atoms with Gasteiger partial charge >= 0.3 is 0 Å². The van der Waals surface area contributed by atoms with Crippen LogP contribution in [0.1, 0.15) is 18.5 Å². The molecule has 0 aliphatic carbocycles. The van der Waals surface area contributed by atoms with Crippen LogP contribution in [0.3, 0.4) is 0 Å². The van der Waals surface area contributed by atoms with Crippen molar-refractivity contribution in [1.29, 1.82) is 0 Å². The van der Waals surface area contributed by atoms with Gasteiger partial charge in [0, 0.05) is 10.6 Å². The van der Waals surface area contributed by atoms with Crippen molar-refractivity contribution in [2.75, 3.05) is 0 Å². The first-order valence-electron chi connectivity index (χ1n) is 3.91. The SMILES string of the molecule is C[C@H](O)[C@H](N)c1cc(Cl)ccc1F. The van der Waals surface area contributed by atoms with Crippen molar-refractivity contribution in [2.45, 2.75) is 19.1 Å². The summed E-state index contributed by atoms with van der Waals surface area (Å²) in [6, 6.07) is 3.36. The van der Waals surface area contributed by atoms with E-state index in [1.807, 2.05) is 0 Å². The molecule has 13 heavy (non-hydrogen) atoms. The molecule has 0 radical (unpaired) electrons. The fourth-order valence-corrected chi connectivity index (χ4v) is 1.21. The Morgan fingerprint density at radius 1 is 1.54 bits per heavy atom. The molecular formula is C9H11ClFNO. The molecule has 3 N–H and O–H groups in total. The predicted octanol–water partition coefficient (Wildman–Crippen LogP) is 1.86. The third-order valence-corrected chi connectivity index (χ3v) is 2.07. The molecule has 0 aliphatic heterocycles. The summed E-state index contributed by atoms with van der Waals surface area (Å²) in [5.74, 6) is -0.446. The summed E-state index contributed by atoms with van der Waals surface area (Å²) in [4.78, 5) is 0. The lowest BCUT2D eigenvalue weighted by atomic mass is 10.0. The number of rotatable bonds is 2. The van der Waals surface area contributed by atoms with Gasteiger partial charge in [0.2, 0.25) is 0 Å². The summed E-state index contributed by atoms with van der Waals surface area (Å²) in [7, 11) is 0. The van der Waals surface area contributed by atoms with Crippen LogP contribution in [0.25, 0.3) is 0 Å². The van der Waals surface area contributed by atoms with E-state index in [2.05, 4.69) is 0 Å². The average Bonchev–Trinajstić information content (AvgIpc) is 2.08. The van der Waals surface area contributed by atoms with Crippen LogP contribution in [0, 0.1) is 5.82 Å². The molecule has 0 aromatic heterocycles. The van der Waals surface area contributed by atoms with E-state index < -0.39 is 18.0 Å². The van der Waals surface area contributed by atoms with Crippen LogP contribution >= 0.6 is 11.6 Å². The lowest BCUT2D eigenvalue weighted by Gasteiger charge is -2.15. The van der Waals surface area contributed by atoms with E-state index in [1.165, 1.54) is 25.1 Å². The Hall–Kier alpha value is -0.640. The van der Waals surface area contributed by atoms with E-state index in [9.17, 15) is 4.39 Å². The van der Waals surface area contributed by atoms with Crippen molar-refractivity contribution in [3.8, 4) is 0 Å². The van der Waals surface area contributed by atoms with Gasteiger partial charge in [-0.05, 0) is 25.1 Å². The minimum absolute atomic E-state index is 0.238. The van der Waals surface area contributed by atoms with E-state index in [1.54, 1.807) is 0 Å². The highest BCUT2D eigenvalue weighted by Crippen LogP contribution is 2.21. The number of benzene rings is 1. The number of hydrogen-bond donors (Lipinski definition) is 2. The molecule has 4 heteroatoms. The largest absolute Gasteiger partial charge is 0.391 e. The molecule has 1 rings (SSSR count). The fourth-order valence-electron chi connectivity index (χ4n) is 1.03. The summed E-state index contributed by atoms with van der Waals surface area (Å²) in [5.41, 5.74) is 5.80. The van der Waals surface area contributed by atoms with Crippen LogP contribution in [0.5, 0.6) is 0 Å². The summed E-state index contributed by atoms with van der Waals surface area (Å²) in [5, 5.41) is 9.56. The van der Waals surface area contributed by atoms with Gasteiger partial charge in [-0.25, -0.2) is 4.39 Å². The number of hydrogen-bond acceptors (Lipinski definition) is 2. The normalized spacial score (nSPS) is 15.5. The second-order valence-corrected chi connectivity index (χ2v) is 3.37. The van der Waals surface area contributed by atoms with Crippen molar-refractivity contribution in [3.05, 3.63) is 34.6 Å². The second kappa shape index (κ2) is 4.05. The highest BCUT2D eigenvalue weighted by molar-refractivity contribution is 6.30. The zero-order valence-corrected chi connectivity index (χ0v) is 7.92. The molecule has 2 atom stereocenters. The van der Waals surface area contributed by atoms with Crippen molar-refractivity contribution < 1.29 is 9.50 Å². The Morgan fingerprint density at radius 2 is 2.15 bits per heavy atom. The minimum atomic E-state index is -0.798. The minimum Gasteiger partial charge on any atom is -0.391 e. The Bertz CT molecular complexity index is 304. The van der Waals surface area contributed by atoms with Gasteiger partial charge in [-0.15, -0.1) is 0 Å². The maximum absolute atomic E-state index is 13.1. The lowest BCUT2D eigenvalue weighted by Crippen LogP contribution is -2.24. The van der Waals surface area contributed by atoms with Gasteiger partial charge in [0.15, 0.2) is 0 Å². The first kappa shape index (κ1) is 10.4. The second-order valence-electron chi connectivity index (χ2n) is 2.93. The van der Waals surface area contributed by atoms with E-state index in [0.717, 1.165) is 0 Å². The summed E-state index contributed by atoms with van der Waals surface area (Å²) < 4.78 is 13.1. The summed E-state index contributed by atoms with van der Waals surface area (Å²) in [6.07, 6.45) is -0.798. The van der Waals surface area contributed by atoms with Crippen molar-refractivity contribution in [3.63, 3.8) is 0 Å². The van der Waals surface area contributed by atoms with E-state index >= 15 is 0 Å². The monoisotopic (exact) mass is 203 g/mol. The van der Waals surface area contributed by atoms with Gasteiger partial charge in [-0.1, -0.05) is 11.6 Å². The van der Waals surface area contributed by atoms with Crippen LogP contribution in [0.4, 0.5) is 4.39 Å². The first-order valence-corrected chi connectivity index (χ1v) is 4.28. The zero-order valence-electron chi connectivity index (χ0n) is 7.17. The van der Waals surface area contributed by atoms with Crippen molar-refractivity contribution >= 4 is 11.6 Å². The predicted molar refractivity (Wildman–Crippen MR) is 50.0 cm³/mol. The molecule has 0 saturated heterocycles. The van der Waals surface area contributed by atoms with Crippen molar-refractivity contribution in [1.82, 2.24) is 0 Å². The van der Waals surface area contributed by atoms with Gasteiger partial charge in [-0.3, -0.25) is 0 Å². The molecule has 0 saturated carbocycles. The van der Waals surface area contributed by atoms with E-state index in [0.29, 0.717) is 5.02 Å². The van der Waals surface area contributed by atoms with Crippen LogP contribution in [-0.4, -0.2) is 11.2 Å². The number of aliphatic hydroxyl groups excluding tert-OH is 1. The van der Waals surface area contributed by atoms with Crippen LogP contribution in [-0.2, 0) is 0 Å². The quantitative estimate of drug-likeness (QED) is 0.771. The van der Waals surface area contributed by atoms with Gasteiger partial charge in [0.25, 0.3) is 0 Å². The maximum atomic E-state index is 13.1. The molecular weight excluding hydrogens is 193 g/mol. The third kappa shape index (κ3) is 2.40. The molecule has 0 unspecified atom stereocenters. The molecule has 1 aromatic rings. The third-order valence-electron chi connectivity index (χ3n) is 1.84. The fraction of sp³-hybridized carbons (Fsp3) is 0.333. The van der Waals surface area contributed by atoms with Gasteiger partial charge < -0.3 is 10.8 Å². The lowest BCUT2D eigenvalue weighted by molar-refractivity contribution is 0.162. The Morgan fingerprint density at radius 3 is 2.69 bits per heavy atom. The van der Waals surface area contributed by atoms with E-state index in [-0.39, 0.29) is 5.56 Å². The molecule has 2 nitrogen and oxygen atoms in total. The molecule has 0 aliphatic rings. The van der Waals surface area contributed by atoms with Crippen LogP contribution < -0.4 is 5.73 Å². The topological polar surface area (TPSA) is 46.2 Å². The highest BCUT2D eigenvalue weighted by atomic mass is 35.5. The average molecular weight is 204 g/mol. The standard InChI is InChI=1S/C9H11ClFNO/c1-5(13)9(12)7-4-6(10)2-3-8(7)11/h2-5,9,13H,12H2,1H3/t5-,9-/m0/s1. The Labute approximate surface area is 81.1 Å². The molecule has 0 amide bonds.